The molecule has 7 atom stereocenters. The average Bonchev–Trinajstić information content (AvgIpc) is 2.52. The predicted molar refractivity (Wildman–Crippen MR) is 113 cm³/mol. The van der Waals surface area contributed by atoms with Gasteiger partial charge < -0.3 is 25.3 Å². The summed E-state index contributed by atoms with van der Waals surface area (Å²) < 4.78 is 0. The lowest BCUT2D eigenvalue weighted by atomic mass is 9.83. The third-order valence-electron chi connectivity index (χ3n) is 5.90. The molecule has 0 aromatic heterocycles. The zero-order valence-corrected chi connectivity index (χ0v) is 19.1. The molecule has 0 aliphatic rings. The Morgan fingerprint density at radius 1 is 0.963 bits per heavy atom. The van der Waals surface area contributed by atoms with Gasteiger partial charge in [-0.05, 0) is 71.3 Å². The van der Waals surface area contributed by atoms with E-state index in [9.17, 15) is 20.4 Å². The molecule has 0 saturated carbocycles. The lowest BCUT2D eigenvalue weighted by molar-refractivity contribution is -0.0962. The number of hydrogen-bond acceptors (Lipinski definition) is 5. The maximum Gasteiger partial charge on any atom is 0.0880 e. The van der Waals surface area contributed by atoms with Gasteiger partial charge in [0.05, 0.1) is 17.3 Å². The van der Waals surface area contributed by atoms with E-state index in [4.69, 9.17) is 0 Å². The summed E-state index contributed by atoms with van der Waals surface area (Å²) in [7, 11) is 2.01. The molecule has 0 radical (unpaired) electrons. The topological polar surface area (TPSA) is 84.2 Å². The number of aliphatic hydroxyl groups is 4. The van der Waals surface area contributed by atoms with Crippen molar-refractivity contribution in [3.8, 4) is 0 Å². The lowest BCUT2D eigenvalue weighted by Crippen LogP contribution is -2.48. The van der Waals surface area contributed by atoms with E-state index < -0.39 is 17.3 Å². The van der Waals surface area contributed by atoms with E-state index in [0.717, 1.165) is 12.8 Å². The first-order valence-corrected chi connectivity index (χ1v) is 10.7. The highest BCUT2D eigenvalue weighted by molar-refractivity contribution is 4.87. The molecule has 0 fully saturated rings. The predicted octanol–water partition coefficient (Wildman–Crippen LogP) is 3.04. The van der Waals surface area contributed by atoms with Gasteiger partial charge >= 0.3 is 0 Å². The van der Waals surface area contributed by atoms with Gasteiger partial charge in [0.1, 0.15) is 0 Å². The number of nitrogens with zero attached hydrogens (tertiary/aromatic N) is 1. The number of aliphatic hydroxyl groups excluding tert-OH is 2. The van der Waals surface area contributed by atoms with Gasteiger partial charge in [0.2, 0.25) is 0 Å². The molecular weight excluding hydrogens is 342 g/mol. The van der Waals surface area contributed by atoms with Crippen LogP contribution in [0.4, 0.5) is 0 Å². The molecule has 5 heteroatoms. The second-order valence-electron chi connectivity index (χ2n) is 9.85. The maximum atomic E-state index is 10.9. The quantitative estimate of drug-likeness (QED) is 0.367. The summed E-state index contributed by atoms with van der Waals surface area (Å²) in [5, 5.41) is 41.0. The molecule has 0 aromatic carbocycles. The largest absolute Gasteiger partial charge is 0.396 e. The minimum Gasteiger partial charge on any atom is -0.396 e. The van der Waals surface area contributed by atoms with Crippen LogP contribution in [-0.4, -0.2) is 68.9 Å². The molecule has 5 nitrogen and oxygen atoms in total. The van der Waals surface area contributed by atoms with Crippen molar-refractivity contribution in [2.24, 2.45) is 17.8 Å². The maximum absolute atomic E-state index is 10.9. The summed E-state index contributed by atoms with van der Waals surface area (Å²) in [6, 6.07) is 0.160. The zero-order valence-electron chi connectivity index (χ0n) is 19.1. The van der Waals surface area contributed by atoms with Gasteiger partial charge in [0.25, 0.3) is 0 Å². The summed E-state index contributed by atoms with van der Waals surface area (Å²) >= 11 is 0. The van der Waals surface area contributed by atoms with Crippen molar-refractivity contribution in [1.82, 2.24) is 4.90 Å². The van der Waals surface area contributed by atoms with Crippen LogP contribution in [0.15, 0.2) is 0 Å². The highest BCUT2D eigenvalue weighted by Gasteiger charge is 2.35. The molecular formula is C22H47NO4. The van der Waals surface area contributed by atoms with Crippen molar-refractivity contribution < 1.29 is 20.4 Å². The molecule has 27 heavy (non-hydrogen) atoms. The average molecular weight is 390 g/mol. The normalized spacial score (nSPS) is 22.6. The Bertz CT molecular complexity index is 400. The molecule has 0 aliphatic heterocycles. The summed E-state index contributed by atoms with van der Waals surface area (Å²) in [6.45, 7) is 14.7. The van der Waals surface area contributed by atoms with Crippen LogP contribution < -0.4 is 0 Å². The fourth-order valence-electron chi connectivity index (χ4n) is 4.47. The highest BCUT2D eigenvalue weighted by Crippen LogP contribution is 2.28. The second kappa shape index (κ2) is 11.7. The Hall–Kier alpha value is -0.200. The number of rotatable bonds is 14. The SMILES string of the molecule is CCCC(C)(O)[C@H](O)[C@@H](C)CN(C)[C@H](C)CC(C)(O)C[C@@H](C)C[C@@H](C)CO. The van der Waals surface area contributed by atoms with E-state index in [1.165, 1.54) is 0 Å². The van der Waals surface area contributed by atoms with E-state index in [1.54, 1.807) is 6.92 Å². The summed E-state index contributed by atoms with van der Waals surface area (Å²) in [5.41, 5.74) is -1.83. The van der Waals surface area contributed by atoms with Crippen LogP contribution in [0.2, 0.25) is 0 Å². The standard InChI is InChI=1S/C22H47NO4/c1-9-10-22(7,27)20(25)18(4)14-23(8)19(5)13-21(6,26)12-16(2)11-17(3)15-24/h16-20,24-27H,9-15H2,1-8H3/t16-,17+,18-,19+,20+,21?,22?/m0/s1. The zero-order chi connectivity index (χ0) is 21.4. The first-order valence-electron chi connectivity index (χ1n) is 10.7. The van der Waals surface area contributed by atoms with Crippen molar-refractivity contribution in [3.05, 3.63) is 0 Å². The van der Waals surface area contributed by atoms with E-state index in [2.05, 4.69) is 18.7 Å². The van der Waals surface area contributed by atoms with Gasteiger partial charge in [0.15, 0.2) is 0 Å². The van der Waals surface area contributed by atoms with Gasteiger partial charge in [-0.15, -0.1) is 0 Å². The molecule has 0 spiro atoms. The minimum absolute atomic E-state index is 0.0618. The summed E-state index contributed by atoms with van der Waals surface area (Å²) in [6.07, 6.45) is 2.91. The van der Waals surface area contributed by atoms with Gasteiger partial charge in [-0.3, -0.25) is 0 Å². The molecule has 0 amide bonds. The Kier molecular flexibility index (Phi) is 11.6. The molecule has 0 aliphatic carbocycles. The van der Waals surface area contributed by atoms with Crippen molar-refractivity contribution in [2.45, 2.75) is 104 Å². The lowest BCUT2D eigenvalue weighted by Gasteiger charge is -2.38. The van der Waals surface area contributed by atoms with Gasteiger partial charge in [0, 0.05) is 19.2 Å². The monoisotopic (exact) mass is 389 g/mol. The minimum atomic E-state index is -1.07. The molecule has 4 N–H and O–H groups in total. The Balaban J connectivity index is 4.64. The highest BCUT2D eigenvalue weighted by atomic mass is 16.3. The first-order chi connectivity index (χ1) is 12.3. The third kappa shape index (κ3) is 10.2. The molecule has 0 heterocycles. The van der Waals surface area contributed by atoms with Crippen molar-refractivity contribution >= 4 is 0 Å². The van der Waals surface area contributed by atoms with E-state index in [0.29, 0.717) is 31.7 Å². The van der Waals surface area contributed by atoms with Crippen LogP contribution >= 0.6 is 0 Å². The summed E-state index contributed by atoms with van der Waals surface area (Å²) in [4.78, 5) is 2.16. The van der Waals surface area contributed by atoms with Crippen LogP contribution in [0.1, 0.15) is 80.6 Å². The first kappa shape index (κ1) is 26.8. The van der Waals surface area contributed by atoms with Crippen LogP contribution in [-0.2, 0) is 0 Å². The second-order valence-corrected chi connectivity index (χ2v) is 9.85. The summed E-state index contributed by atoms with van der Waals surface area (Å²) in [5.74, 6) is 0.548. The fraction of sp³-hybridized carbons (Fsp3) is 1.00. The van der Waals surface area contributed by atoms with E-state index in [1.807, 2.05) is 34.7 Å². The van der Waals surface area contributed by atoms with Crippen LogP contribution in [0.3, 0.4) is 0 Å². The molecule has 0 bridgehead atoms. The fourth-order valence-corrected chi connectivity index (χ4v) is 4.47. The van der Waals surface area contributed by atoms with Gasteiger partial charge in [-0.2, -0.15) is 0 Å². The van der Waals surface area contributed by atoms with Gasteiger partial charge in [-0.25, -0.2) is 0 Å². The van der Waals surface area contributed by atoms with Crippen molar-refractivity contribution in [1.29, 1.82) is 0 Å². The van der Waals surface area contributed by atoms with Crippen LogP contribution in [0, 0.1) is 17.8 Å². The van der Waals surface area contributed by atoms with E-state index >= 15 is 0 Å². The number of hydrogen-bond donors (Lipinski definition) is 4. The van der Waals surface area contributed by atoms with Crippen LogP contribution in [0.25, 0.3) is 0 Å². The Labute approximate surface area is 167 Å². The molecule has 164 valence electrons. The van der Waals surface area contributed by atoms with Crippen molar-refractivity contribution in [2.75, 3.05) is 20.2 Å². The molecule has 0 saturated heterocycles. The van der Waals surface area contributed by atoms with Crippen molar-refractivity contribution in [3.63, 3.8) is 0 Å². The van der Waals surface area contributed by atoms with Crippen LogP contribution in [0.5, 0.6) is 0 Å². The van der Waals surface area contributed by atoms with E-state index in [-0.39, 0.29) is 24.5 Å². The Morgan fingerprint density at radius 2 is 1.52 bits per heavy atom. The smallest absolute Gasteiger partial charge is 0.0880 e. The third-order valence-corrected chi connectivity index (χ3v) is 5.90. The molecule has 0 rings (SSSR count). The molecule has 2 unspecified atom stereocenters. The Morgan fingerprint density at radius 3 is 2.00 bits per heavy atom. The molecule has 0 aromatic rings. The van der Waals surface area contributed by atoms with Gasteiger partial charge in [-0.1, -0.05) is 34.1 Å².